The molecule has 1 fully saturated rings. The molecule has 2 amide bonds. The highest BCUT2D eigenvalue weighted by molar-refractivity contribution is 5.99. The zero-order valence-electron chi connectivity index (χ0n) is 21.1. The fourth-order valence-electron chi connectivity index (χ4n) is 4.28. The van der Waals surface area contributed by atoms with Crippen LogP contribution in [0.5, 0.6) is 5.75 Å². The highest BCUT2D eigenvalue weighted by Crippen LogP contribution is 2.30. The van der Waals surface area contributed by atoms with Crippen molar-refractivity contribution in [3.8, 4) is 22.7 Å². The standard InChI is InChI=1S/C30H30N4O3/c1-21-7-6-10-25(17-21)34-19-27(23-8-4-3-5-9-23)31-30(34)32-28(35)20-33(18-22-11-12-22)29(36)24-13-15-26(37-2)16-14-24/h3-10,13-17,19,22H,11-12,18,20H2,1-2H3,(H,31,32,35). The number of hydrogen-bond donors (Lipinski definition) is 1. The van der Waals surface area contributed by atoms with E-state index in [1.807, 2.05) is 72.3 Å². The molecule has 7 heteroatoms. The number of nitrogens with one attached hydrogen (secondary N) is 1. The predicted octanol–water partition coefficient (Wildman–Crippen LogP) is 5.35. The van der Waals surface area contributed by atoms with Gasteiger partial charge in [0.15, 0.2) is 0 Å². The summed E-state index contributed by atoms with van der Waals surface area (Å²) in [6.07, 6.45) is 4.07. The normalized spacial score (nSPS) is 12.7. The first-order valence-electron chi connectivity index (χ1n) is 12.4. The van der Waals surface area contributed by atoms with Crippen LogP contribution < -0.4 is 10.1 Å². The molecule has 1 saturated carbocycles. The summed E-state index contributed by atoms with van der Waals surface area (Å²) >= 11 is 0. The van der Waals surface area contributed by atoms with Crippen LogP contribution in [0, 0.1) is 12.8 Å². The van der Waals surface area contributed by atoms with E-state index in [1.54, 1.807) is 36.3 Å². The largest absolute Gasteiger partial charge is 0.497 e. The summed E-state index contributed by atoms with van der Waals surface area (Å²) in [7, 11) is 1.59. The number of imidazole rings is 1. The minimum atomic E-state index is -0.290. The van der Waals surface area contributed by atoms with E-state index >= 15 is 0 Å². The van der Waals surface area contributed by atoms with E-state index in [2.05, 4.69) is 5.32 Å². The van der Waals surface area contributed by atoms with Crippen LogP contribution in [0.15, 0.2) is 85.1 Å². The molecule has 1 aromatic heterocycles. The molecule has 1 heterocycles. The Morgan fingerprint density at radius 1 is 1.03 bits per heavy atom. The summed E-state index contributed by atoms with van der Waals surface area (Å²) in [4.78, 5) is 32.9. The lowest BCUT2D eigenvalue weighted by atomic mass is 10.2. The molecule has 0 unspecified atom stereocenters. The molecule has 0 saturated heterocycles. The zero-order chi connectivity index (χ0) is 25.8. The fraction of sp³-hybridized carbons (Fsp3) is 0.233. The van der Waals surface area contributed by atoms with Gasteiger partial charge in [0.25, 0.3) is 5.91 Å². The van der Waals surface area contributed by atoms with Gasteiger partial charge in [-0.2, -0.15) is 0 Å². The Hall–Kier alpha value is -4.39. The minimum Gasteiger partial charge on any atom is -0.497 e. The van der Waals surface area contributed by atoms with Gasteiger partial charge in [-0.15, -0.1) is 0 Å². The number of rotatable bonds is 9. The Morgan fingerprint density at radius 3 is 2.46 bits per heavy atom. The van der Waals surface area contributed by atoms with E-state index in [-0.39, 0.29) is 18.4 Å². The maximum absolute atomic E-state index is 13.3. The second-order valence-corrected chi connectivity index (χ2v) is 9.43. The molecular formula is C30H30N4O3. The quantitative estimate of drug-likeness (QED) is 0.340. The number of aromatic nitrogens is 2. The van der Waals surface area contributed by atoms with Crippen molar-refractivity contribution in [2.45, 2.75) is 19.8 Å². The molecule has 0 atom stereocenters. The summed E-state index contributed by atoms with van der Waals surface area (Å²) in [6.45, 7) is 2.53. The summed E-state index contributed by atoms with van der Waals surface area (Å²) in [5.74, 6) is 1.07. The first-order chi connectivity index (χ1) is 18.0. The Morgan fingerprint density at radius 2 is 1.78 bits per heavy atom. The molecule has 0 aliphatic heterocycles. The second-order valence-electron chi connectivity index (χ2n) is 9.43. The molecule has 1 aliphatic carbocycles. The molecule has 1 N–H and O–H groups in total. The third-order valence-electron chi connectivity index (χ3n) is 6.44. The molecule has 3 aromatic carbocycles. The van der Waals surface area contributed by atoms with Crippen molar-refractivity contribution < 1.29 is 14.3 Å². The monoisotopic (exact) mass is 494 g/mol. The minimum absolute atomic E-state index is 0.0529. The van der Waals surface area contributed by atoms with Gasteiger partial charge < -0.3 is 9.64 Å². The van der Waals surface area contributed by atoms with E-state index < -0.39 is 0 Å². The van der Waals surface area contributed by atoms with Crippen LogP contribution in [0.4, 0.5) is 5.95 Å². The van der Waals surface area contributed by atoms with E-state index in [0.29, 0.717) is 29.7 Å². The zero-order valence-corrected chi connectivity index (χ0v) is 21.1. The van der Waals surface area contributed by atoms with Crippen molar-refractivity contribution in [2.24, 2.45) is 5.92 Å². The van der Waals surface area contributed by atoms with Gasteiger partial charge in [0.1, 0.15) is 12.3 Å². The lowest BCUT2D eigenvalue weighted by Crippen LogP contribution is -2.39. The highest BCUT2D eigenvalue weighted by atomic mass is 16.5. The van der Waals surface area contributed by atoms with Gasteiger partial charge in [0, 0.05) is 29.6 Å². The Bertz CT molecular complexity index is 1390. The number of nitrogens with zero attached hydrogens (tertiary/aromatic N) is 3. The van der Waals surface area contributed by atoms with Crippen molar-refractivity contribution in [3.05, 3.63) is 96.2 Å². The topological polar surface area (TPSA) is 76.5 Å². The number of anilines is 1. The van der Waals surface area contributed by atoms with Crippen molar-refractivity contribution in [1.29, 1.82) is 0 Å². The van der Waals surface area contributed by atoms with E-state index in [9.17, 15) is 9.59 Å². The van der Waals surface area contributed by atoms with Gasteiger partial charge >= 0.3 is 0 Å². The number of ether oxygens (including phenoxy) is 1. The van der Waals surface area contributed by atoms with Gasteiger partial charge in [-0.1, -0.05) is 42.5 Å². The van der Waals surface area contributed by atoms with E-state index in [4.69, 9.17) is 9.72 Å². The van der Waals surface area contributed by atoms with Crippen LogP contribution in [0.1, 0.15) is 28.8 Å². The van der Waals surface area contributed by atoms with E-state index in [1.165, 1.54) is 0 Å². The van der Waals surface area contributed by atoms with Gasteiger partial charge in [0.05, 0.1) is 12.8 Å². The van der Waals surface area contributed by atoms with Crippen molar-refractivity contribution in [3.63, 3.8) is 0 Å². The lowest BCUT2D eigenvalue weighted by molar-refractivity contribution is -0.117. The fourth-order valence-corrected chi connectivity index (χ4v) is 4.28. The summed E-state index contributed by atoms with van der Waals surface area (Å²) in [6, 6.07) is 24.8. The van der Waals surface area contributed by atoms with Crippen molar-refractivity contribution in [2.75, 3.05) is 25.5 Å². The van der Waals surface area contributed by atoms with Gasteiger partial charge in [-0.25, -0.2) is 4.98 Å². The SMILES string of the molecule is COc1ccc(C(=O)N(CC(=O)Nc2nc(-c3ccccc3)cn2-c2cccc(C)c2)CC2CC2)cc1. The molecule has 4 aromatic rings. The highest BCUT2D eigenvalue weighted by Gasteiger charge is 2.29. The summed E-state index contributed by atoms with van der Waals surface area (Å²) in [5.41, 5.74) is 4.23. The molecule has 0 bridgehead atoms. The van der Waals surface area contributed by atoms with Gasteiger partial charge in [-0.3, -0.25) is 19.5 Å². The molecule has 0 spiro atoms. The van der Waals surface area contributed by atoms with Crippen LogP contribution >= 0.6 is 0 Å². The van der Waals surface area contributed by atoms with Gasteiger partial charge in [0.2, 0.25) is 11.9 Å². The Balaban J connectivity index is 1.39. The first kappa shape index (κ1) is 24.3. The average Bonchev–Trinajstić information content (AvgIpc) is 3.65. The van der Waals surface area contributed by atoms with Crippen molar-refractivity contribution >= 4 is 17.8 Å². The molecule has 5 rings (SSSR count). The smallest absolute Gasteiger partial charge is 0.254 e. The maximum atomic E-state index is 13.3. The molecular weight excluding hydrogens is 464 g/mol. The molecule has 0 radical (unpaired) electrons. The average molecular weight is 495 g/mol. The number of aryl methyl sites for hydroxylation is 1. The Kier molecular flexibility index (Phi) is 7.03. The molecule has 37 heavy (non-hydrogen) atoms. The van der Waals surface area contributed by atoms with Crippen LogP contribution in [0.3, 0.4) is 0 Å². The van der Waals surface area contributed by atoms with Crippen LogP contribution in [-0.4, -0.2) is 46.5 Å². The number of amides is 2. The Labute approximate surface area is 216 Å². The number of hydrogen-bond acceptors (Lipinski definition) is 4. The molecule has 1 aliphatic rings. The number of methoxy groups -OCH3 is 1. The first-order valence-corrected chi connectivity index (χ1v) is 12.4. The van der Waals surface area contributed by atoms with Gasteiger partial charge in [-0.05, 0) is 67.6 Å². The second kappa shape index (κ2) is 10.7. The van der Waals surface area contributed by atoms with Crippen LogP contribution in [0.25, 0.3) is 16.9 Å². The molecule has 188 valence electrons. The van der Waals surface area contributed by atoms with Crippen LogP contribution in [0.2, 0.25) is 0 Å². The third-order valence-corrected chi connectivity index (χ3v) is 6.44. The predicted molar refractivity (Wildman–Crippen MR) is 144 cm³/mol. The number of carbonyl (C=O) groups excluding carboxylic acids is 2. The van der Waals surface area contributed by atoms with E-state index in [0.717, 1.165) is 35.3 Å². The van der Waals surface area contributed by atoms with Crippen molar-refractivity contribution in [1.82, 2.24) is 14.5 Å². The lowest BCUT2D eigenvalue weighted by Gasteiger charge is -2.22. The van der Waals surface area contributed by atoms with Crippen LogP contribution in [-0.2, 0) is 4.79 Å². The third kappa shape index (κ3) is 5.89. The maximum Gasteiger partial charge on any atom is 0.254 e. The number of carbonyl (C=O) groups is 2. The summed E-state index contributed by atoms with van der Waals surface area (Å²) < 4.78 is 7.08. The summed E-state index contributed by atoms with van der Waals surface area (Å²) in [5, 5.41) is 2.97. The number of benzene rings is 3. The molecule has 7 nitrogen and oxygen atoms in total.